The van der Waals surface area contributed by atoms with Crippen LogP contribution in [0.15, 0.2) is 33.4 Å². The maximum atomic E-state index is 4.56. The molecular formula is C12H13BrN2S. The first-order chi connectivity index (χ1) is 7.72. The fraction of sp³-hybridized carbons (Fsp3) is 0.250. The number of aromatic nitrogens is 1. The van der Waals surface area contributed by atoms with E-state index in [4.69, 9.17) is 0 Å². The number of rotatable bonds is 3. The molecule has 4 heteroatoms. The third-order valence-electron chi connectivity index (χ3n) is 2.45. The summed E-state index contributed by atoms with van der Waals surface area (Å²) in [7, 11) is 1.96. The van der Waals surface area contributed by atoms with Crippen molar-refractivity contribution in [3.8, 4) is 0 Å². The van der Waals surface area contributed by atoms with E-state index < -0.39 is 0 Å². The summed E-state index contributed by atoms with van der Waals surface area (Å²) in [4.78, 5) is 4.56. The van der Waals surface area contributed by atoms with E-state index in [2.05, 4.69) is 43.1 Å². The normalized spacial score (nSPS) is 12.7. The Kier molecular flexibility index (Phi) is 3.74. The molecule has 2 rings (SSSR count). The lowest BCUT2D eigenvalue weighted by molar-refractivity contribution is 0.668. The third-order valence-corrected chi connectivity index (χ3v) is 4.20. The first kappa shape index (κ1) is 11.8. The van der Waals surface area contributed by atoms with Gasteiger partial charge in [-0.2, -0.15) is 11.3 Å². The zero-order valence-electron chi connectivity index (χ0n) is 9.20. The summed E-state index contributed by atoms with van der Waals surface area (Å²) in [5, 5.41) is 7.54. The molecule has 0 saturated carbocycles. The van der Waals surface area contributed by atoms with Crippen LogP contribution in [0.25, 0.3) is 0 Å². The monoisotopic (exact) mass is 296 g/mol. The number of pyridine rings is 1. The van der Waals surface area contributed by atoms with Crippen LogP contribution in [0.4, 0.5) is 0 Å². The Labute approximate surface area is 108 Å². The molecule has 2 aromatic heterocycles. The molecule has 84 valence electrons. The van der Waals surface area contributed by atoms with Crippen LogP contribution in [-0.2, 0) is 0 Å². The van der Waals surface area contributed by atoms with Gasteiger partial charge in [-0.15, -0.1) is 0 Å². The van der Waals surface area contributed by atoms with Gasteiger partial charge < -0.3 is 5.32 Å². The molecule has 1 N–H and O–H groups in total. The molecule has 0 bridgehead atoms. The van der Waals surface area contributed by atoms with Gasteiger partial charge in [-0.3, -0.25) is 4.98 Å². The molecule has 0 saturated heterocycles. The molecule has 2 nitrogen and oxygen atoms in total. The summed E-state index contributed by atoms with van der Waals surface area (Å²) >= 11 is 5.26. The number of hydrogen-bond donors (Lipinski definition) is 1. The minimum atomic E-state index is 0.153. The smallest absolute Gasteiger partial charge is 0.0768 e. The molecule has 0 radical (unpaired) electrons. The van der Waals surface area contributed by atoms with Crippen molar-refractivity contribution >= 4 is 27.3 Å². The van der Waals surface area contributed by atoms with E-state index in [0.717, 1.165) is 15.9 Å². The Hall–Kier alpha value is -0.710. The summed E-state index contributed by atoms with van der Waals surface area (Å²) in [6, 6.07) is 6.26. The molecule has 0 fully saturated rings. The zero-order valence-corrected chi connectivity index (χ0v) is 11.6. The van der Waals surface area contributed by atoms with Crippen LogP contribution >= 0.6 is 27.3 Å². The van der Waals surface area contributed by atoms with E-state index >= 15 is 0 Å². The summed E-state index contributed by atoms with van der Waals surface area (Å²) < 4.78 is 1.14. The SMILES string of the molecule is CNC(c1cccc(C)n1)c1cscc1Br. The number of thiophene rings is 1. The van der Waals surface area contributed by atoms with Crippen LogP contribution < -0.4 is 5.32 Å². The van der Waals surface area contributed by atoms with Crippen molar-refractivity contribution in [1.82, 2.24) is 10.3 Å². The van der Waals surface area contributed by atoms with Crippen molar-refractivity contribution < 1.29 is 0 Å². The van der Waals surface area contributed by atoms with Crippen LogP contribution in [0.1, 0.15) is 23.0 Å². The van der Waals surface area contributed by atoms with Gasteiger partial charge in [0.15, 0.2) is 0 Å². The number of aryl methyl sites for hydroxylation is 1. The molecule has 16 heavy (non-hydrogen) atoms. The second-order valence-corrected chi connectivity index (χ2v) is 5.20. The van der Waals surface area contributed by atoms with Gasteiger partial charge in [-0.25, -0.2) is 0 Å². The van der Waals surface area contributed by atoms with E-state index in [1.807, 2.05) is 26.1 Å². The lowest BCUT2D eigenvalue weighted by Gasteiger charge is -2.15. The fourth-order valence-electron chi connectivity index (χ4n) is 1.68. The quantitative estimate of drug-likeness (QED) is 0.937. The average Bonchev–Trinajstić information content (AvgIpc) is 2.67. The highest BCUT2D eigenvalue weighted by molar-refractivity contribution is 9.10. The van der Waals surface area contributed by atoms with E-state index in [1.54, 1.807) is 11.3 Å². The van der Waals surface area contributed by atoms with Gasteiger partial charge in [0.1, 0.15) is 0 Å². The van der Waals surface area contributed by atoms with Crippen LogP contribution in [0.3, 0.4) is 0 Å². The molecule has 2 aromatic rings. The Morgan fingerprint density at radius 3 is 2.75 bits per heavy atom. The number of hydrogen-bond acceptors (Lipinski definition) is 3. The van der Waals surface area contributed by atoms with E-state index in [1.165, 1.54) is 5.56 Å². The summed E-state index contributed by atoms with van der Waals surface area (Å²) in [6.07, 6.45) is 0. The van der Waals surface area contributed by atoms with Crippen LogP contribution in [0, 0.1) is 6.92 Å². The molecule has 0 spiro atoms. The third kappa shape index (κ3) is 2.34. The summed E-state index contributed by atoms with van der Waals surface area (Å²) in [6.45, 7) is 2.01. The van der Waals surface area contributed by atoms with Crippen molar-refractivity contribution in [2.45, 2.75) is 13.0 Å². The van der Waals surface area contributed by atoms with Crippen LogP contribution in [-0.4, -0.2) is 12.0 Å². The summed E-state index contributed by atoms with van der Waals surface area (Å²) in [5.74, 6) is 0. The van der Waals surface area contributed by atoms with Gasteiger partial charge in [-0.05, 0) is 53.0 Å². The Morgan fingerprint density at radius 1 is 1.38 bits per heavy atom. The van der Waals surface area contributed by atoms with Gasteiger partial charge in [0.2, 0.25) is 0 Å². The molecule has 2 heterocycles. The molecule has 1 unspecified atom stereocenters. The Morgan fingerprint density at radius 2 is 2.19 bits per heavy atom. The molecule has 0 aliphatic carbocycles. The van der Waals surface area contributed by atoms with Gasteiger partial charge in [0.05, 0.1) is 11.7 Å². The van der Waals surface area contributed by atoms with E-state index in [-0.39, 0.29) is 6.04 Å². The minimum Gasteiger partial charge on any atom is -0.308 e. The first-order valence-corrected chi connectivity index (χ1v) is 6.78. The topological polar surface area (TPSA) is 24.9 Å². The van der Waals surface area contributed by atoms with Gasteiger partial charge in [0.25, 0.3) is 0 Å². The largest absolute Gasteiger partial charge is 0.308 e. The Bertz CT molecular complexity index is 481. The predicted molar refractivity (Wildman–Crippen MR) is 71.9 cm³/mol. The molecule has 0 aliphatic rings. The number of nitrogens with one attached hydrogen (secondary N) is 1. The van der Waals surface area contributed by atoms with Crippen molar-refractivity contribution in [3.05, 3.63) is 50.4 Å². The highest BCUT2D eigenvalue weighted by atomic mass is 79.9. The van der Waals surface area contributed by atoms with Gasteiger partial charge in [-0.1, -0.05) is 6.07 Å². The lowest BCUT2D eigenvalue weighted by atomic mass is 10.1. The fourth-order valence-corrected chi connectivity index (χ4v) is 3.24. The molecule has 1 atom stereocenters. The first-order valence-electron chi connectivity index (χ1n) is 5.04. The van der Waals surface area contributed by atoms with Crippen LogP contribution in [0.2, 0.25) is 0 Å². The van der Waals surface area contributed by atoms with Gasteiger partial charge >= 0.3 is 0 Å². The molecular weight excluding hydrogens is 284 g/mol. The van der Waals surface area contributed by atoms with E-state index in [0.29, 0.717) is 0 Å². The molecule has 0 aromatic carbocycles. The Balaban J connectivity index is 2.40. The lowest BCUT2D eigenvalue weighted by Crippen LogP contribution is -2.18. The highest BCUT2D eigenvalue weighted by Gasteiger charge is 2.16. The standard InChI is InChI=1S/C12H13BrN2S/c1-8-4-3-5-11(15-8)12(14-2)9-6-16-7-10(9)13/h3-7,12,14H,1-2H3. The highest BCUT2D eigenvalue weighted by Crippen LogP contribution is 2.30. The van der Waals surface area contributed by atoms with E-state index in [9.17, 15) is 0 Å². The minimum absolute atomic E-state index is 0.153. The summed E-state index contributed by atoms with van der Waals surface area (Å²) in [5.41, 5.74) is 3.34. The van der Waals surface area contributed by atoms with Crippen molar-refractivity contribution in [2.24, 2.45) is 0 Å². The second-order valence-electron chi connectivity index (χ2n) is 3.60. The van der Waals surface area contributed by atoms with Gasteiger partial charge in [0, 0.05) is 15.5 Å². The average molecular weight is 297 g/mol. The maximum Gasteiger partial charge on any atom is 0.0768 e. The van der Waals surface area contributed by atoms with Crippen molar-refractivity contribution in [2.75, 3.05) is 7.05 Å². The zero-order chi connectivity index (χ0) is 11.5. The molecule has 0 amide bonds. The van der Waals surface area contributed by atoms with Crippen LogP contribution in [0.5, 0.6) is 0 Å². The second kappa shape index (κ2) is 5.08. The molecule has 0 aliphatic heterocycles. The maximum absolute atomic E-state index is 4.56. The van der Waals surface area contributed by atoms with Crippen molar-refractivity contribution in [1.29, 1.82) is 0 Å². The number of nitrogens with zero attached hydrogens (tertiary/aromatic N) is 1. The van der Waals surface area contributed by atoms with Crippen molar-refractivity contribution in [3.63, 3.8) is 0 Å². The predicted octanol–water partition coefficient (Wildman–Crippen LogP) is 3.52. The number of halogens is 1.